The molecule has 1 aromatic heterocycles. The van der Waals surface area contributed by atoms with Gasteiger partial charge in [0, 0.05) is 19.2 Å². The Bertz CT molecular complexity index is 743. The molecule has 3 N–H and O–H groups in total. The Morgan fingerprint density at radius 2 is 1.85 bits per heavy atom. The van der Waals surface area contributed by atoms with E-state index >= 15 is 0 Å². The van der Waals surface area contributed by atoms with Gasteiger partial charge in [-0.15, -0.1) is 24.0 Å². The first-order valence-corrected chi connectivity index (χ1v) is 8.56. The summed E-state index contributed by atoms with van der Waals surface area (Å²) in [5.41, 5.74) is -0.675. The Balaban J connectivity index is 0.00000364. The van der Waals surface area contributed by atoms with Gasteiger partial charge in [0.2, 0.25) is 0 Å². The van der Waals surface area contributed by atoms with Crippen molar-refractivity contribution < 1.29 is 18.3 Å². The SMILES string of the molecule is CCNC(=NCC(C)(O)c1ccc(C)o1)NCCc1cc(F)cc(F)c1.I. The molecule has 0 aliphatic carbocycles. The number of aryl methyl sites for hydroxylation is 1. The number of nitrogens with one attached hydrogen (secondary N) is 2. The van der Waals surface area contributed by atoms with Crippen molar-refractivity contribution in [3.8, 4) is 0 Å². The van der Waals surface area contributed by atoms with Crippen molar-refractivity contribution in [2.75, 3.05) is 19.6 Å². The molecule has 0 saturated carbocycles. The molecule has 5 nitrogen and oxygen atoms in total. The highest BCUT2D eigenvalue weighted by Gasteiger charge is 2.26. The fourth-order valence-electron chi connectivity index (χ4n) is 2.46. The van der Waals surface area contributed by atoms with Gasteiger partial charge in [0.25, 0.3) is 0 Å². The molecule has 0 fully saturated rings. The van der Waals surface area contributed by atoms with Gasteiger partial charge in [0.05, 0.1) is 6.54 Å². The molecule has 8 heteroatoms. The van der Waals surface area contributed by atoms with Crippen LogP contribution in [-0.2, 0) is 12.0 Å². The maximum atomic E-state index is 13.2. The molecule has 1 aromatic carbocycles. The lowest BCUT2D eigenvalue weighted by Gasteiger charge is -2.19. The van der Waals surface area contributed by atoms with E-state index < -0.39 is 17.2 Å². The van der Waals surface area contributed by atoms with Gasteiger partial charge < -0.3 is 20.2 Å². The van der Waals surface area contributed by atoms with Gasteiger partial charge in [-0.3, -0.25) is 0 Å². The minimum absolute atomic E-state index is 0. The Hall–Kier alpha value is -1.68. The first-order valence-electron chi connectivity index (χ1n) is 8.56. The molecular formula is C19H26F2IN3O2. The average molecular weight is 493 g/mol. The number of furan rings is 1. The van der Waals surface area contributed by atoms with Crippen LogP contribution in [-0.4, -0.2) is 30.7 Å². The maximum Gasteiger partial charge on any atom is 0.191 e. The van der Waals surface area contributed by atoms with Crippen LogP contribution in [0.2, 0.25) is 0 Å². The van der Waals surface area contributed by atoms with E-state index in [2.05, 4.69) is 15.6 Å². The molecule has 1 unspecified atom stereocenters. The number of aliphatic hydroxyl groups is 1. The number of rotatable bonds is 7. The first-order chi connectivity index (χ1) is 12.3. The maximum absolute atomic E-state index is 13.2. The predicted octanol–water partition coefficient (Wildman–Crippen LogP) is 3.49. The molecule has 27 heavy (non-hydrogen) atoms. The molecule has 0 aliphatic rings. The van der Waals surface area contributed by atoms with Crippen LogP contribution in [0.25, 0.3) is 0 Å². The summed E-state index contributed by atoms with van der Waals surface area (Å²) < 4.78 is 31.9. The topological polar surface area (TPSA) is 69.8 Å². The van der Waals surface area contributed by atoms with Crippen molar-refractivity contribution in [1.82, 2.24) is 10.6 Å². The second kappa shape index (κ2) is 10.6. The number of aliphatic imine (C=N–C) groups is 1. The predicted molar refractivity (Wildman–Crippen MR) is 112 cm³/mol. The Morgan fingerprint density at radius 1 is 1.19 bits per heavy atom. The van der Waals surface area contributed by atoms with E-state index in [-0.39, 0.29) is 30.5 Å². The van der Waals surface area contributed by atoms with E-state index in [0.717, 1.165) is 11.8 Å². The van der Waals surface area contributed by atoms with Crippen LogP contribution in [0.15, 0.2) is 39.7 Å². The van der Waals surface area contributed by atoms with Gasteiger partial charge in [-0.2, -0.15) is 0 Å². The highest BCUT2D eigenvalue weighted by atomic mass is 127. The molecule has 1 heterocycles. The number of halogens is 3. The number of guanidine groups is 1. The molecule has 2 rings (SSSR count). The third-order valence-electron chi connectivity index (χ3n) is 3.79. The summed E-state index contributed by atoms with van der Waals surface area (Å²) in [6.07, 6.45) is 0.437. The number of hydrogen-bond donors (Lipinski definition) is 3. The Labute approximate surface area is 175 Å². The number of benzene rings is 1. The van der Waals surface area contributed by atoms with E-state index in [1.807, 2.05) is 13.8 Å². The van der Waals surface area contributed by atoms with Crippen LogP contribution in [0, 0.1) is 18.6 Å². The van der Waals surface area contributed by atoms with Crippen molar-refractivity contribution in [1.29, 1.82) is 0 Å². The largest absolute Gasteiger partial charge is 0.463 e. The molecule has 0 amide bonds. The highest BCUT2D eigenvalue weighted by molar-refractivity contribution is 14.0. The molecule has 0 bridgehead atoms. The van der Waals surface area contributed by atoms with Gasteiger partial charge in [-0.25, -0.2) is 13.8 Å². The van der Waals surface area contributed by atoms with Crippen LogP contribution >= 0.6 is 24.0 Å². The van der Waals surface area contributed by atoms with Crippen LogP contribution in [0.4, 0.5) is 8.78 Å². The van der Waals surface area contributed by atoms with Crippen molar-refractivity contribution >= 4 is 29.9 Å². The average Bonchev–Trinajstić information content (AvgIpc) is 2.99. The standard InChI is InChI=1S/C19H25F2N3O2.HI/c1-4-22-18(23-8-7-14-9-15(20)11-16(21)10-14)24-12-19(3,25)17-6-5-13(2)26-17;/h5-6,9-11,25H,4,7-8,12H2,1-3H3,(H2,22,23,24);1H. The summed E-state index contributed by atoms with van der Waals surface area (Å²) >= 11 is 0. The lowest BCUT2D eigenvalue weighted by atomic mass is 10.0. The minimum Gasteiger partial charge on any atom is -0.463 e. The summed E-state index contributed by atoms with van der Waals surface area (Å²) in [7, 11) is 0. The quantitative estimate of drug-likeness (QED) is 0.314. The summed E-state index contributed by atoms with van der Waals surface area (Å²) in [6.45, 7) is 6.55. The smallest absolute Gasteiger partial charge is 0.191 e. The third kappa shape index (κ3) is 7.45. The summed E-state index contributed by atoms with van der Waals surface area (Å²) in [6, 6.07) is 6.97. The van der Waals surface area contributed by atoms with Gasteiger partial charge in [0.15, 0.2) is 5.96 Å². The monoisotopic (exact) mass is 493 g/mol. The zero-order valence-corrected chi connectivity index (χ0v) is 18.0. The van der Waals surface area contributed by atoms with E-state index in [1.54, 1.807) is 19.1 Å². The third-order valence-corrected chi connectivity index (χ3v) is 3.79. The molecule has 0 aliphatic heterocycles. The van der Waals surface area contributed by atoms with Gasteiger partial charge in [0.1, 0.15) is 28.8 Å². The number of nitrogens with zero attached hydrogens (tertiary/aromatic N) is 1. The van der Waals surface area contributed by atoms with Crippen LogP contribution in [0.5, 0.6) is 0 Å². The molecule has 0 saturated heterocycles. The molecule has 150 valence electrons. The number of hydrogen-bond acceptors (Lipinski definition) is 3. The molecular weight excluding hydrogens is 467 g/mol. The van der Waals surface area contributed by atoms with E-state index in [9.17, 15) is 13.9 Å². The summed E-state index contributed by atoms with van der Waals surface area (Å²) in [5.74, 6) is 0.491. The summed E-state index contributed by atoms with van der Waals surface area (Å²) in [5, 5.41) is 16.7. The molecule has 2 aromatic rings. The molecule has 1 atom stereocenters. The first kappa shape index (κ1) is 23.4. The second-order valence-corrected chi connectivity index (χ2v) is 6.33. The van der Waals surface area contributed by atoms with Crippen molar-refractivity contribution in [2.45, 2.75) is 32.8 Å². The normalized spacial score (nSPS) is 13.6. The van der Waals surface area contributed by atoms with Crippen molar-refractivity contribution in [2.24, 2.45) is 4.99 Å². The second-order valence-electron chi connectivity index (χ2n) is 6.33. The summed E-state index contributed by atoms with van der Waals surface area (Å²) in [4.78, 5) is 4.37. The fraction of sp³-hybridized carbons (Fsp3) is 0.421. The van der Waals surface area contributed by atoms with E-state index in [0.29, 0.717) is 36.8 Å². The Morgan fingerprint density at radius 3 is 2.41 bits per heavy atom. The van der Waals surface area contributed by atoms with Gasteiger partial charge in [-0.1, -0.05) is 0 Å². The van der Waals surface area contributed by atoms with E-state index in [1.165, 1.54) is 12.1 Å². The zero-order chi connectivity index (χ0) is 19.2. The molecule has 0 radical (unpaired) electrons. The zero-order valence-electron chi connectivity index (χ0n) is 15.7. The fourth-order valence-corrected chi connectivity index (χ4v) is 2.46. The van der Waals surface area contributed by atoms with Crippen LogP contribution in [0.1, 0.15) is 30.9 Å². The van der Waals surface area contributed by atoms with Gasteiger partial charge in [-0.05, 0) is 57.0 Å². The lowest BCUT2D eigenvalue weighted by molar-refractivity contribution is 0.0428. The van der Waals surface area contributed by atoms with Crippen molar-refractivity contribution in [3.63, 3.8) is 0 Å². The minimum atomic E-state index is -1.23. The lowest BCUT2D eigenvalue weighted by Crippen LogP contribution is -2.39. The van der Waals surface area contributed by atoms with Gasteiger partial charge >= 0.3 is 0 Å². The van der Waals surface area contributed by atoms with E-state index in [4.69, 9.17) is 4.42 Å². The Kier molecular flexibility index (Phi) is 9.17. The highest BCUT2D eigenvalue weighted by Crippen LogP contribution is 2.23. The molecule has 0 spiro atoms. The van der Waals surface area contributed by atoms with Crippen molar-refractivity contribution in [3.05, 3.63) is 59.1 Å². The van der Waals surface area contributed by atoms with Crippen LogP contribution < -0.4 is 10.6 Å². The van der Waals surface area contributed by atoms with Crippen LogP contribution in [0.3, 0.4) is 0 Å².